The maximum atomic E-state index is 9.58. The minimum absolute atomic E-state index is 0.149. The highest BCUT2D eigenvalue weighted by atomic mass is 16.3. The van der Waals surface area contributed by atoms with Gasteiger partial charge in [-0.25, -0.2) is 0 Å². The van der Waals surface area contributed by atoms with Crippen molar-refractivity contribution in [1.82, 2.24) is 0 Å². The Morgan fingerprint density at radius 3 is 2.57 bits per heavy atom. The van der Waals surface area contributed by atoms with Gasteiger partial charge in [-0.3, -0.25) is 0 Å². The van der Waals surface area contributed by atoms with E-state index in [1.165, 1.54) is 0 Å². The Morgan fingerprint density at radius 1 is 1.21 bits per heavy atom. The molecule has 0 heterocycles. The number of hydrogen-bond acceptors (Lipinski definition) is 2. The van der Waals surface area contributed by atoms with Crippen LogP contribution >= 0.6 is 0 Å². The Bertz CT molecular complexity index is 308. The molecule has 0 aliphatic rings. The topological polar surface area (TPSA) is 40.5 Å². The number of hydrogen-bond donors (Lipinski definition) is 2. The zero-order chi connectivity index (χ0) is 10.2. The Labute approximate surface area is 84.2 Å². The van der Waals surface area contributed by atoms with Crippen molar-refractivity contribution in [2.45, 2.75) is 18.9 Å². The van der Waals surface area contributed by atoms with Crippen LogP contribution in [0.5, 0.6) is 0 Å². The van der Waals surface area contributed by atoms with Gasteiger partial charge in [-0.2, -0.15) is 0 Å². The van der Waals surface area contributed by atoms with E-state index in [2.05, 4.69) is 11.8 Å². The zero-order valence-electron chi connectivity index (χ0n) is 7.98. The van der Waals surface area contributed by atoms with Gasteiger partial charge in [0.2, 0.25) is 0 Å². The van der Waals surface area contributed by atoms with Gasteiger partial charge in [0.05, 0.1) is 0 Å². The average molecular weight is 190 g/mol. The summed E-state index contributed by atoms with van der Waals surface area (Å²) in [6.07, 6.45) is 0.574. The Morgan fingerprint density at radius 2 is 1.93 bits per heavy atom. The minimum atomic E-state index is -0.713. The zero-order valence-corrected chi connectivity index (χ0v) is 7.98. The van der Waals surface area contributed by atoms with Gasteiger partial charge in [-0.15, -0.1) is 5.92 Å². The van der Waals surface area contributed by atoms with Crippen LogP contribution in [0.15, 0.2) is 30.3 Å². The first-order chi connectivity index (χ1) is 6.84. The molecule has 1 unspecified atom stereocenters. The largest absolute Gasteiger partial charge is 0.396 e. The minimum Gasteiger partial charge on any atom is -0.396 e. The summed E-state index contributed by atoms with van der Waals surface area (Å²) in [6, 6.07) is 9.31. The predicted octanol–water partition coefficient (Wildman–Crippen LogP) is 1.50. The van der Waals surface area contributed by atoms with Crippen LogP contribution in [0.2, 0.25) is 0 Å². The average Bonchev–Trinajstić information content (AvgIpc) is 2.25. The van der Waals surface area contributed by atoms with E-state index in [4.69, 9.17) is 5.11 Å². The third-order valence-corrected chi connectivity index (χ3v) is 1.81. The summed E-state index contributed by atoms with van der Waals surface area (Å²) < 4.78 is 0. The van der Waals surface area contributed by atoms with Crippen molar-refractivity contribution in [2.75, 3.05) is 6.61 Å². The summed E-state index contributed by atoms with van der Waals surface area (Å²) in [5, 5.41) is 18.1. The van der Waals surface area contributed by atoms with Gasteiger partial charge in [0, 0.05) is 13.0 Å². The normalized spacial score (nSPS) is 11.6. The molecule has 1 aromatic rings. The Balaban J connectivity index is 2.49. The number of aliphatic hydroxyl groups excluding tert-OH is 2. The number of unbranched alkanes of at least 4 members (excludes halogenated alkanes) is 1. The molecule has 0 bridgehead atoms. The van der Waals surface area contributed by atoms with E-state index in [0.29, 0.717) is 12.8 Å². The molecule has 1 aromatic carbocycles. The molecule has 0 spiro atoms. The van der Waals surface area contributed by atoms with Gasteiger partial charge in [-0.1, -0.05) is 36.3 Å². The highest BCUT2D eigenvalue weighted by Crippen LogP contribution is 2.10. The lowest BCUT2D eigenvalue weighted by Gasteiger charge is -2.01. The van der Waals surface area contributed by atoms with Crippen LogP contribution < -0.4 is 0 Å². The maximum absolute atomic E-state index is 9.58. The van der Waals surface area contributed by atoms with E-state index in [1.807, 2.05) is 30.3 Å². The second kappa shape index (κ2) is 6.20. The SMILES string of the molecule is OCCCC#CC(O)c1ccccc1. The highest BCUT2D eigenvalue weighted by Gasteiger charge is 2.00. The van der Waals surface area contributed by atoms with Crippen molar-refractivity contribution in [3.63, 3.8) is 0 Å². The van der Waals surface area contributed by atoms with Crippen LogP contribution in [0.4, 0.5) is 0 Å². The molecule has 74 valence electrons. The van der Waals surface area contributed by atoms with Crippen molar-refractivity contribution >= 4 is 0 Å². The van der Waals surface area contributed by atoms with Crippen molar-refractivity contribution in [2.24, 2.45) is 0 Å². The Hall–Kier alpha value is -1.30. The second-order valence-corrected chi connectivity index (χ2v) is 2.96. The lowest BCUT2D eigenvalue weighted by molar-refractivity contribution is 0.238. The smallest absolute Gasteiger partial charge is 0.140 e. The monoisotopic (exact) mass is 190 g/mol. The fourth-order valence-electron chi connectivity index (χ4n) is 1.05. The molecule has 0 aliphatic carbocycles. The highest BCUT2D eigenvalue weighted by molar-refractivity contribution is 5.24. The van der Waals surface area contributed by atoms with E-state index in [-0.39, 0.29) is 6.61 Å². The molecule has 0 saturated heterocycles. The van der Waals surface area contributed by atoms with Crippen molar-refractivity contribution in [3.05, 3.63) is 35.9 Å². The van der Waals surface area contributed by atoms with Gasteiger partial charge in [0.1, 0.15) is 6.10 Å². The molecule has 0 aliphatic heterocycles. The fourth-order valence-corrected chi connectivity index (χ4v) is 1.05. The molecule has 2 N–H and O–H groups in total. The van der Waals surface area contributed by atoms with Crippen LogP contribution in [0, 0.1) is 11.8 Å². The summed E-state index contributed by atoms with van der Waals surface area (Å²) in [4.78, 5) is 0. The molecule has 2 heteroatoms. The molecule has 1 rings (SSSR count). The molecule has 14 heavy (non-hydrogen) atoms. The van der Waals surface area contributed by atoms with E-state index >= 15 is 0 Å². The number of rotatable bonds is 3. The molecule has 0 fully saturated rings. The Kier molecular flexibility index (Phi) is 4.77. The quantitative estimate of drug-likeness (QED) is 0.560. The van der Waals surface area contributed by atoms with Crippen LogP contribution in [0.3, 0.4) is 0 Å². The van der Waals surface area contributed by atoms with Gasteiger partial charge in [-0.05, 0) is 12.0 Å². The van der Waals surface area contributed by atoms with Crippen LogP contribution in [-0.2, 0) is 0 Å². The van der Waals surface area contributed by atoms with Crippen molar-refractivity contribution in [3.8, 4) is 11.8 Å². The van der Waals surface area contributed by atoms with Gasteiger partial charge >= 0.3 is 0 Å². The van der Waals surface area contributed by atoms with Crippen LogP contribution in [-0.4, -0.2) is 16.8 Å². The third-order valence-electron chi connectivity index (χ3n) is 1.81. The molecule has 0 saturated carbocycles. The van der Waals surface area contributed by atoms with E-state index in [1.54, 1.807) is 0 Å². The summed E-state index contributed by atoms with van der Waals surface area (Å²) in [5.41, 5.74) is 0.809. The number of aliphatic hydroxyl groups is 2. The molecule has 1 atom stereocenters. The lowest BCUT2D eigenvalue weighted by Crippen LogP contribution is -1.92. The maximum Gasteiger partial charge on any atom is 0.140 e. The molecule has 0 amide bonds. The first-order valence-electron chi connectivity index (χ1n) is 4.67. The fraction of sp³-hybridized carbons (Fsp3) is 0.333. The molecular formula is C12H14O2. The molecule has 0 radical (unpaired) electrons. The lowest BCUT2D eigenvalue weighted by atomic mass is 10.1. The summed E-state index contributed by atoms with van der Waals surface area (Å²) >= 11 is 0. The predicted molar refractivity (Wildman–Crippen MR) is 55.5 cm³/mol. The van der Waals surface area contributed by atoms with E-state index < -0.39 is 6.10 Å². The van der Waals surface area contributed by atoms with Gasteiger partial charge < -0.3 is 10.2 Å². The first-order valence-corrected chi connectivity index (χ1v) is 4.67. The number of benzene rings is 1. The van der Waals surface area contributed by atoms with Crippen molar-refractivity contribution in [1.29, 1.82) is 0 Å². The van der Waals surface area contributed by atoms with Gasteiger partial charge in [0.15, 0.2) is 0 Å². The summed E-state index contributed by atoms with van der Waals surface area (Å²) in [7, 11) is 0. The molecule has 0 aromatic heterocycles. The summed E-state index contributed by atoms with van der Waals surface area (Å²) in [5.74, 6) is 5.55. The van der Waals surface area contributed by atoms with E-state index in [0.717, 1.165) is 5.56 Å². The van der Waals surface area contributed by atoms with Crippen LogP contribution in [0.1, 0.15) is 24.5 Å². The van der Waals surface area contributed by atoms with Crippen molar-refractivity contribution < 1.29 is 10.2 Å². The first kappa shape index (κ1) is 10.8. The summed E-state index contributed by atoms with van der Waals surface area (Å²) in [6.45, 7) is 0.149. The molecular weight excluding hydrogens is 176 g/mol. The van der Waals surface area contributed by atoms with E-state index in [9.17, 15) is 5.11 Å². The third kappa shape index (κ3) is 3.61. The standard InChI is InChI=1S/C12H14O2/c13-10-6-2-5-9-12(14)11-7-3-1-4-8-11/h1,3-4,7-8,12-14H,2,6,10H2. The molecule has 2 nitrogen and oxygen atoms in total. The van der Waals surface area contributed by atoms with Gasteiger partial charge in [0.25, 0.3) is 0 Å². The second-order valence-electron chi connectivity index (χ2n) is 2.96. The van der Waals surface area contributed by atoms with Crippen LogP contribution in [0.25, 0.3) is 0 Å².